The van der Waals surface area contributed by atoms with E-state index in [2.05, 4.69) is 41.4 Å². The van der Waals surface area contributed by atoms with Crippen molar-refractivity contribution in [2.75, 3.05) is 0 Å². The standard InChI is InChI=1S/C37H43ClN4O6S/c1-20(2)47-29-17-25(16-27(38)32(29)48-21(3)4)26-18-39-33(40-19-26)24-11-9-23(10-12-24)15-28(34(43)41-22(5)36(45)46)42-35(44)30-13-14-31(49-30)37(6,7)8/h9-14,16-22,28H,15H2,1-8H3,(H,41,43)(H,42,44)(H,45,46)/t22-,28+/m1/s1. The largest absolute Gasteiger partial charge is 0.487 e. The Morgan fingerprint density at radius 3 is 2.04 bits per heavy atom. The third-order valence-corrected chi connectivity index (χ3v) is 9.07. The molecule has 0 saturated heterocycles. The molecule has 0 aliphatic carbocycles. The summed E-state index contributed by atoms with van der Waals surface area (Å²) in [6.07, 6.45) is 3.39. The minimum atomic E-state index is -1.17. The summed E-state index contributed by atoms with van der Waals surface area (Å²) in [5.74, 6) is -0.652. The normalized spacial score (nSPS) is 12.8. The second-order valence-electron chi connectivity index (χ2n) is 13.3. The van der Waals surface area contributed by atoms with Gasteiger partial charge in [-0.2, -0.15) is 0 Å². The van der Waals surface area contributed by atoms with Gasteiger partial charge in [-0.3, -0.25) is 14.4 Å². The molecule has 2 aromatic heterocycles. The number of hydrogen-bond donors (Lipinski definition) is 3. The Morgan fingerprint density at radius 2 is 1.49 bits per heavy atom. The number of carbonyl (C=O) groups is 3. The topological polar surface area (TPSA) is 140 Å². The molecule has 2 aromatic carbocycles. The van der Waals surface area contributed by atoms with Crippen LogP contribution in [0.1, 0.15) is 75.5 Å². The molecule has 0 unspecified atom stereocenters. The highest BCUT2D eigenvalue weighted by Gasteiger charge is 2.27. The molecule has 260 valence electrons. The summed E-state index contributed by atoms with van der Waals surface area (Å²) >= 11 is 7.97. The molecule has 0 fully saturated rings. The van der Waals surface area contributed by atoms with Crippen LogP contribution < -0.4 is 20.1 Å². The summed E-state index contributed by atoms with van der Waals surface area (Å²) in [7, 11) is 0. The van der Waals surface area contributed by atoms with Crippen molar-refractivity contribution in [3.63, 3.8) is 0 Å². The van der Waals surface area contributed by atoms with Crippen LogP contribution in [0, 0.1) is 0 Å². The van der Waals surface area contributed by atoms with E-state index in [-0.39, 0.29) is 24.0 Å². The highest BCUT2D eigenvalue weighted by molar-refractivity contribution is 7.14. The number of nitrogens with zero attached hydrogens (tertiary/aromatic N) is 2. The number of carboxylic acid groups (broad SMARTS) is 1. The van der Waals surface area contributed by atoms with E-state index >= 15 is 0 Å². The van der Waals surface area contributed by atoms with E-state index in [9.17, 15) is 19.5 Å². The first-order valence-corrected chi connectivity index (χ1v) is 17.2. The van der Waals surface area contributed by atoms with Gasteiger partial charge in [0.15, 0.2) is 17.3 Å². The van der Waals surface area contributed by atoms with Crippen molar-refractivity contribution in [1.29, 1.82) is 0 Å². The van der Waals surface area contributed by atoms with Gasteiger partial charge in [-0.25, -0.2) is 9.97 Å². The van der Waals surface area contributed by atoms with Crippen LogP contribution in [-0.4, -0.2) is 57.1 Å². The van der Waals surface area contributed by atoms with E-state index in [1.165, 1.54) is 18.3 Å². The van der Waals surface area contributed by atoms with E-state index in [4.69, 9.17) is 21.1 Å². The molecule has 0 spiro atoms. The van der Waals surface area contributed by atoms with Crippen molar-refractivity contribution in [1.82, 2.24) is 20.6 Å². The monoisotopic (exact) mass is 706 g/mol. The van der Waals surface area contributed by atoms with Crippen molar-refractivity contribution >= 4 is 40.7 Å². The summed E-state index contributed by atoms with van der Waals surface area (Å²) in [4.78, 5) is 48.4. The third kappa shape index (κ3) is 10.0. The van der Waals surface area contributed by atoms with Gasteiger partial charge in [0.1, 0.15) is 12.1 Å². The number of halogens is 1. The molecule has 4 aromatic rings. The maximum absolute atomic E-state index is 13.2. The zero-order valence-corrected chi connectivity index (χ0v) is 30.5. The average Bonchev–Trinajstić information content (AvgIpc) is 3.54. The third-order valence-electron chi connectivity index (χ3n) is 7.28. The highest BCUT2D eigenvalue weighted by Crippen LogP contribution is 2.40. The van der Waals surface area contributed by atoms with Crippen LogP contribution in [0.2, 0.25) is 5.02 Å². The quantitative estimate of drug-likeness (QED) is 0.131. The van der Waals surface area contributed by atoms with Crippen LogP contribution >= 0.6 is 22.9 Å². The molecule has 3 N–H and O–H groups in total. The smallest absolute Gasteiger partial charge is 0.325 e. The number of amides is 2. The van der Waals surface area contributed by atoms with E-state index in [0.717, 1.165) is 27.1 Å². The predicted molar refractivity (Wildman–Crippen MR) is 193 cm³/mol. The van der Waals surface area contributed by atoms with Gasteiger partial charge >= 0.3 is 5.97 Å². The first kappa shape index (κ1) is 37.3. The zero-order valence-electron chi connectivity index (χ0n) is 29.0. The fourth-order valence-corrected chi connectivity index (χ4v) is 5.98. The van der Waals surface area contributed by atoms with Crippen molar-refractivity contribution in [3.8, 4) is 34.0 Å². The second-order valence-corrected chi connectivity index (χ2v) is 14.8. The lowest BCUT2D eigenvalue weighted by Gasteiger charge is -2.20. The molecule has 12 heteroatoms. The molecule has 0 saturated carbocycles. The molecule has 0 radical (unpaired) electrons. The minimum Gasteiger partial charge on any atom is -0.487 e. The maximum Gasteiger partial charge on any atom is 0.325 e. The van der Waals surface area contributed by atoms with Crippen LogP contribution in [-0.2, 0) is 21.4 Å². The van der Waals surface area contributed by atoms with Crippen molar-refractivity contribution < 1.29 is 29.0 Å². The number of aromatic nitrogens is 2. The summed E-state index contributed by atoms with van der Waals surface area (Å²) in [6, 6.07) is 12.5. The molecule has 0 aliphatic rings. The Balaban J connectivity index is 1.53. The van der Waals surface area contributed by atoms with Crippen LogP contribution in [0.4, 0.5) is 0 Å². The van der Waals surface area contributed by atoms with E-state index in [1.54, 1.807) is 24.5 Å². The number of thiophene rings is 1. The maximum atomic E-state index is 13.2. The highest BCUT2D eigenvalue weighted by atomic mass is 35.5. The van der Waals surface area contributed by atoms with Crippen LogP contribution in [0.3, 0.4) is 0 Å². The lowest BCUT2D eigenvalue weighted by Crippen LogP contribution is -2.51. The van der Waals surface area contributed by atoms with E-state index in [0.29, 0.717) is 27.2 Å². The zero-order chi connectivity index (χ0) is 36.0. The number of aliphatic carboxylic acids is 1. The van der Waals surface area contributed by atoms with Crippen LogP contribution in [0.15, 0.2) is 60.9 Å². The molecule has 2 atom stereocenters. The fourth-order valence-electron chi connectivity index (χ4n) is 4.76. The molecule has 2 heterocycles. The van der Waals surface area contributed by atoms with Crippen molar-refractivity contribution in [2.24, 2.45) is 0 Å². The molecule has 10 nitrogen and oxygen atoms in total. The van der Waals surface area contributed by atoms with E-state index in [1.807, 2.05) is 64.1 Å². The molecule has 4 rings (SSSR count). The number of carboxylic acids is 1. The van der Waals surface area contributed by atoms with Gasteiger partial charge in [0.25, 0.3) is 5.91 Å². The summed E-state index contributed by atoms with van der Waals surface area (Å²) in [5, 5.41) is 15.0. The predicted octanol–water partition coefficient (Wildman–Crippen LogP) is 7.33. The van der Waals surface area contributed by atoms with E-state index < -0.39 is 29.9 Å². The van der Waals surface area contributed by atoms with Crippen molar-refractivity contribution in [3.05, 3.63) is 81.3 Å². The summed E-state index contributed by atoms with van der Waals surface area (Å²) in [5.41, 5.74) is 2.89. The molecular formula is C37H43ClN4O6S. The van der Waals surface area contributed by atoms with Gasteiger partial charge in [0.2, 0.25) is 5.91 Å². The van der Waals surface area contributed by atoms with Gasteiger partial charge in [0, 0.05) is 34.8 Å². The van der Waals surface area contributed by atoms with Gasteiger partial charge in [0.05, 0.1) is 22.1 Å². The molecule has 49 heavy (non-hydrogen) atoms. The van der Waals surface area contributed by atoms with Gasteiger partial charge in [-0.05, 0) is 75.4 Å². The number of nitrogens with one attached hydrogen (secondary N) is 2. The minimum absolute atomic E-state index is 0.0811. The summed E-state index contributed by atoms with van der Waals surface area (Å²) < 4.78 is 11.9. The van der Waals surface area contributed by atoms with Gasteiger partial charge in [-0.15, -0.1) is 11.3 Å². The SMILES string of the molecule is CC(C)Oc1cc(-c2cnc(-c3ccc(C[C@H](NC(=O)c4ccc(C(C)(C)C)s4)C(=O)N[C@H](C)C(=O)O)cc3)nc2)cc(Cl)c1OC(C)C. The lowest BCUT2D eigenvalue weighted by atomic mass is 9.95. The van der Waals surface area contributed by atoms with Gasteiger partial charge in [-0.1, -0.05) is 56.6 Å². The number of hydrogen-bond acceptors (Lipinski definition) is 8. The van der Waals surface area contributed by atoms with Crippen molar-refractivity contribution in [2.45, 2.75) is 91.5 Å². The van der Waals surface area contributed by atoms with Crippen LogP contribution in [0.5, 0.6) is 11.5 Å². The molecule has 0 aliphatic heterocycles. The summed E-state index contributed by atoms with van der Waals surface area (Å²) in [6.45, 7) is 15.3. The number of ether oxygens (including phenoxy) is 2. The molecular weight excluding hydrogens is 664 g/mol. The molecule has 0 bridgehead atoms. The molecule has 2 amide bonds. The second kappa shape index (κ2) is 15.8. The lowest BCUT2D eigenvalue weighted by molar-refractivity contribution is -0.141. The number of rotatable bonds is 13. The van der Waals surface area contributed by atoms with Crippen LogP contribution in [0.25, 0.3) is 22.5 Å². The number of benzene rings is 2. The fraction of sp³-hybridized carbons (Fsp3) is 0.378. The Hall–Kier alpha value is -4.48. The Labute approximate surface area is 296 Å². The number of carbonyl (C=O) groups excluding carboxylic acids is 2. The Kier molecular flexibility index (Phi) is 12.1. The first-order valence-electron chi connectivity index (χ1n) is 16.0. The Morgan fingerprint density at radius 1 is 0.857 bits per heavy atom. The first-order chi connectivity index (χ1) is 23.0. The van der Waals surface area contributed by atoms with Gasteiger partial charge < -0.3 is 25.2 Å². The Bertz CT molecular complexity index is 1780. The average molecular weight is 707 g/mol.